The first-order chi connectivity index (χ1) is 40.9. The average molecular weight is 1240 g/mol. The molecule has 17 N–H and O–H groups in total. The summed E-state index contributed by atoms with van der Waals surface area (Å²) in [5, 5.41) is 123. The van der Waals surface area contributed by atoms with Gasteiger partial charge in [-0.25, -0.2) is 22.0 Å². The largest absolute Gasteiger partial charge is 0.508 e. The fraction of sp³-hybridized carbons (Fsp3) is 0.527. The highest BCUT2D eigenvalue weighted by Gasteiger charge is 2.60. The number of amides is 8. The van der Waals surface area contributed by atoms with Crippen molar-refractivity contribution in [2.75, 3.05) is 19.7 Å². The van der Waals surface area contributed by atoms with Crippen molar-refractivity contribution in [3.8, 4) is 11.5 Å². The van der Waals surface area contributed by atoms with E-state index in [1.807, 2.05) is 5.32 Å². The number of aromatic hydroxyl groups is 1. The quantitative estimate of drug-likeness (QED) is 0.0256. The lowest BCUT2D eigenvalue weighted by Gasteiger charge is -2.38. The first kappa shape index (κ1) is 68.4. The number of ether oxygens (including phenoxy) is 1. The molecule has 3 fully saturated rings. The summed E-state index contributed by atoms with van der Waals surface area (Å²) < 4.78 is 74.3. The van der Waals surface area contributed by atoms with Gasteiger partial charge in [0.25, 0.3) is 17.7 Å². The van der Waals surface area contributed by atoms with Gasteiger partial charge in [0.05, 0.1) is 31.3 Å². The fourth-order valence-corrected chi connectivity index (χ4v) is 10.3. The lowest BCUT2D eigenvalue weighted by Crippen LogP contribution is -2.69. The first-order valence-electron chi connectivity index (χ1n) is 27.5. The molecule has 0 spiro atoms. The number of nitrogens with zero attached hydrogens (tertiary/aromatic N) is 2. The lowest BCUT2D eigenvalue weighted by molar-refractivity contribution is -0.189. The molecule has 32 heteroatoms. The number of phenols is 1. The van der Waals surface area contributed by atoms with Gasteiger partial charge in [-0.15, -0.1) is 0 Å². The molecule has 3 heterocycles. The number of unbranched alkanes of at least 4 members (excludes halogenated alkanes) is 4. The number of primary amides is 1. The number of nitrogens with one attached hydrogen (secondary N) is 5. The molecule has 0 unspecified atom stereocenters. The minimum Gasteiger partial charge on any atom is -0.508 e. The Labute approximate surface area is 492 Å². The standard InChI is InChI=1S/C55H69F5N8O19/c1-23-21-68-53(84)42(33(72)20-35(61)74)64-51(82)43(45(76)44(75)25-9-13-27(70)14-10-25)65-49(80)32-18-28(71)22-67(32)52(83)41(24(2)69)63-48(79)31(19-34(73)50(81)66-54(85)55(68,86)46(23)77)62-47(78)26-11-15-29(16-12-26)87-17-7-5-3-4-6-8-30-36(56)38(58)40(60)39(59)37(30)57/h9-16,23-24,28,31-34,41-46,50,69-73,75-77,81,86H,3-8,17-22H2,1-2H3,(H2,61,74)(H,62,78)(H,63,79)(H,64,82)(H,65,80)(H,66,85)/t23-,24+,28+,31-,32-,33+,34+,41-,42-,43-,44-,45-,46-,50+,55+/m0/s1. The summed E-state index contributed by atoms with van der Waals surface area (Å²) in [6.07, 6.45) is -19.0. The van der Waals surface area contributed by atoms with Crippen LogP contribution in [0.15, 0.2) is 48.5 Å². The Hall–Kier alpha value is -7.69. The Morgan fingerprint density at radius 3 is 1.91 bits per heavy atom. The third-order valence-corrected chi connectivity index (χ3v) is 15.2. The highest BCUT2D eigenvalue weighted by atomic mass is 19.2. The van der Waals surface area contributed by atoms with Crippen LogP contribution in [-0.4, -0.2) is 207 Å². The molecule has 3 aromatic carbocycles. The van der Waals surface area contributed by atoms with Crippen LogP contribution in [0.3, 0.4) is 0 Å². The van der Waals surface area contributed by atoms with Crippen LogP contribution in [0.2, 0.25) is 0 Å². The SMILES string of the molecule is C[C@@H](O)[C@@H]1NC(=O)[C@@H](NC(=O)c2ccc(OCCCCCCCc3c(F)c(F)c(F)c(F)c3F)cc2)C[C@@H](O)[C@@H](O)NC(=O)[C@]2(O)[C@@H](O)[C@@H](C)CN2C(=O)[C@H]([C@H](O)CC(N)=O)NC(=O)[C@H]([C@H](O)[C@@H](O)c2ccc(O)cc2)NC(=O)[C@@H]2C[C@@H](O)CN2C1=O. The van der Waals surface area contributed by atoms with Crippen LogP contribution < -0.4 is 37.1 Å². The van der Waals surface area contributed by atoms with E-state index in [0.717, 1.165) is 31.2 Å². The van der Waals surface area contributed by atoms with E-state index >= 15 is 0 Å². The van der Waals surface area contributed by atoms with Crippen molar-refractivity contribution in [1.82, 2.24) is 36.4 Å². The zero-order chi connectivity index (χ0) is 64.5. The second-order valence-corrected chi connectivity index (χ2v) is 21.6. The van der Waals surface area contributed by atoms with Crippen molar-refractivity contribution in [1.29, 1.82) is 0 Å². The van der Waals surface area contributed by atoms with E-state index in [1.165, 1.54) is 31.2 Å². The summed E-state index contributed by atoms with van der Waals surface area (Å²) >= 11 is 0. The lowest BCUT2D eigenvalue weighted by atomic mass is 9.96. The highest BCUT2D eigenvalue weighted by Crippen LogP contribution is 2.34. The Bertz CT molecular complexity index is 2980. The van der Waals surface area contributed by atoms with Gasteiger partial charge in [0, 0.05) is 43.0 Å². The maximum absolute atomic E-state index is 14.6. The second-order valence-electron chi connectivity index (χ2n) is 21.6. The summed E-state index contributed by atoms with van der Waals surface area (Å²) in [5.41, 5.74) is 0.528. The molecule has 478 valence electrons. The van der Waals surface area contributed by atoms with E-state index < -0.39 is 211 Å². The highest BCUT2D eigenvalue weighted by molar-refractivity contribution is 6.00. The van der Waals surface area contributed by atoms with Crippen LogP contribution in [0, 0.1) is 35.0 Å². The molecule has 0 aliphatic carbocycles. The van der Waals surface area contributed by atoms with E-state index in [-0.39, 0.29) is 40.6 Å². The van der Waals surface area contributed by atoms with Crippen molar-refractivity contribution in [2.24, 2.45) is 11.7 Å². The molecule has 3 saturated heterocycles. The third-order valence-electron chi connectivity index (χ3n) is 15.2. The van der Waals surface area contributed by atoms with Gasteiger partial charge in [-0.3, -0.25) is 38.4 Å². The zero-order valence-corrected chi connectivity index (χ0v) is 46.7. The van der Waals surface area contributed by atoms with Gasteiger partial charge in [0.15, 0.2) is 29.5 Å². The minimum absolute atomic E-state index is 0.115. The summed E-state index contributed by atoms with van der Waals surface area (Å²) in [4.78, 5) is 113. The molecule has 87 heavy (non-hydrogen) atoms. The summed E-state index contributed by atoms with van der Waals surface area (Å²) in [6.45, 7) is 0.845. The molecule has 0 bridgehead atoms. The predicted octanol–water partition coefficient (Wildman–Crippen LogP) is -3.39. The maximum atomic E-state index is 14.6. The average Bonchev–Trinajstić information content (AvgIpc) is 1.86. The number of nitrogens with two attached hydrogens (primary N) is 1. The number of carbonyl (C=O) groups excluding carboxylic acids is 8. The van der Waals surface area contributed by atoms with E-state index in [1.54, 1.807) is 5.32 Å². The smallest absolute Gasteiger partial charge is 0.278 e. The van der Waals surface area contributed by atoms with Crippen LogP contribution in [0.1, 0.15) is 92.8 Å². The molecule has 0 saturated carbocycles. The van der Waals surface area contributed by atoms with E-state index in [9.17, 15) is 111 Å². The Balaban J connectivity index is 1.27. The summed E-state index contributed by atoms with van der Waals surface area (Å²) in [6, 6.07) is -1.54. The van der Waals surface area contributed by atoms with Crippen molar-refractivity contribution in [2.45, 2.75) is 157 Å². The molecule has 8 amide bonds. The van der Waals surface area contributed by atoms with Gasteiger partial charge < -0.3 is 97.9 Å². The molecule has 27 nitrogen and oxygen atoms in total. The number of fused-ring (bicyclic) bond motifs is 2. The Kier molecular flexibility index (Phi) is 23.1. The summed E-state index contributed by atoms with van der Waals surface area (Å²) in [7, 11) is 0. The normalized spacial score (nSPS) is 27.5. The van der Waals surface area contributed by atoms with Crippen LogP contribution >= 0.6 is 0 Å². The number of hydrogen-bond donors (Lipinski definition) is 16. The van der Waals surface area contributed by atoms with Crippen LogP contribution in [-0.2, 0) is 40.0 Å². The summed E-state index contributed by atoms with van der Waals surface area (Å²) in [5.74, 6) is -23.1. The van der Waals surface area contributed by atoms with Crippen LogP contribution in [0.25, 0.3) is 0 Å². The fourth-order valence-electron chi connectivity index (χ4n) is 10.3. The predicted molar refractivity (Wildman–Crippen MR) is 285 cm³/mol. The van der Waals surface area contributed by atoms with Crippen molar-refractivity contribution < 1.29 is 116 Å². The third kappa shape index (κ3) is 15.9. The molecule has 3 aromatic rings. The topological polar surface area (TPSA) is 441 Å². The van der Waals surface area contributed by atoms with Gasteiger partial charge in [0.1, 0.15) is 66.1 Å². The Morgan fingerprint density at radius 1 is 0.724 bits per heavy atom. The number of aliphatic hydroxyl groups is 9. The molecule has 3 aliphatic heterocycles. The molecular formula is C55H69F5N8O19. The van der Waals surface area contributed by atoms with E-state index in [4.69, 9.17) is 10.5 Å². The van der Waals surface area contributed by atoms with Crippen LogP contribution in [0.5, 0.6) is 11.5 Å². The van der Waals surface area contributed by atoms with E-state index in [2.05, 4.69) is 16.0 Å². The number of benzene rings is 3. The number of aliphatic hydroxyl groups excluding tert-OH is 8. The number of hydrogen-bond acceptors (Lipinski definition) is 19. The van der Waals surface area contributed by atoms with Gasteiger partial charge in [-0.2, -0.15) is 0 Å². The molecule has 0 aromatic heterocycles. The molecule has 0 radical (unpaired) electrons. The molecular weight excluding hydrogens is 1170 g/mol. The van der Waals surface area contributed by atoms with Crippen LogP contribution in [0.4, 0.5) is 22.0 Å². The van der Waals surface area contributed by atoms with Gasteiger partial charge in [0.2, 0.25) is 41.1 Å². The zero-order valence-electron chi connectivity index (χ0n) is 46.7. The molecule has 6 rings (SSSR count). The first-order valence-corrected chi connectivity index (χ1v) is 27.5. The van der Waals surface area contributed by atoms with Crippen molar-refractivity contribution in [3.63, 3.8) is 0 Å². The van der Waals surface area contributed by atoms with E-state index in [0.29, 0.717) is 30.6 Å². The second kappa shape index (κ2) is 29.3. The Morgan fingerprint density at radius 2 is 1.30 bits per heavy atom. The van der Waals surface area contributed by atoms with Gasteiger partial charge in [-0.1, -0.05) is 38.3 Å². The van der Waals surface area contributed by atoms with Crippen molar-refractivity contribution >= 4 is 47.3 Å². The molecule has 15 atom stereocenters. The van der Waals surface area contributed by atoms with Gasteiger partial charge >= 0.3 is 0 Å². The number of phenolic OH excluding ortho intramolecular Hbond substituents is 1. The molecule has 3 aliphatic rings. The maximum Gasteiger partial charge on any atom is 0.278 e. The van der Waals surface area contributed by atoms with Crippen molar-refractivity contribution in [3.05, 3.63) is 94.3 Å². The minimum atomic E-state index is -3.50. The number of halogens is 5. The number of rotatable bonds is 18. The van der Waals surface area contributed by atoms with Gasteiger partial charge in [-0.05, 0) is 68.1 Å². The monoisotopic (exact) mass is 1240 g/mol. The number of carbonyl (C=O) groups is 8.